The molecule has 0 aromatic carbocycles. The number of pyridine rings is 2. The predicted molar refractivity (Wildman–Crippen MR) is 129 cm³/mol. The molecule has 5 rings (SSSR count). The van der Waals surface area contributed by atoms with E-state index in [-0.39, 0.29) is 36.7 Å². The van der Waals surface area contributed by atoms with E-state index in [1.54, 1.807) is 11.2 Å². The largest absolute Gasteiger partial charge is 0.367 e. The molecule has 3 fully saturated rings. The molecule has 2 bridgehead atoms. The molecule has 11 nitrogen and oxygen atoms in total. The lowest BCUT2D eigenvalue weighted by atomic mass is 9.99. The Labute approximate surface area is 199 Å². The number of anilines is 2. The summed E-state index contributed by atoms with van der Waals surface area (Å²) in [6.45, 7) is 3.83. The van der Waals surface area contributed by atoms with Crippen molar-refractivity contribution in [2.45, 2.75) is 82.9 Å². The highest BCUT2D eigenvalue weighted by atomic mass is 32.2. The lowest BCUT2D eigenvalue weighted by Gasteiger charge is -2.38. The minimum atomic E-state index is -3.20. The van der Waals surface area contributed by atoms with Crippen molar-refractivity contribution in [1.82, 2.24) is 25.1 Å². The molecule has 2 aromatic heterocycles. The van der Waals surface area contributed by atoms with Gasteiger partial charge in [-0.25, -0.2) is 28.7 Å². The van der Waals surface area contributed by atoms with Gasteiger partial charge >= 0.3 is 0 Å². The Bertz CT molecular complexity index is 1130. The second-order valence-corrected chi connectivity index (χ2v) is 11.7. The monoisotopic (exact) mass is 491 g/mol. The molecule has 3 aliphatic heterocycles. The Kier molecular flexibility index (Phi) is 6.62. The summed E-state index contributed by atoms with van der Waals surface area (Å²) in [5.41, 5.74) is 7.78. The zero-order valence-corrected chi connectivity index (χ0v) is 20.3. The summed E-state index contributed by atoms with van der Waals surface area (Å²) >= 11 is 0. The Balaban J connectivity index is 1.41. The molecular weight excluding hydrogens is 458 g/mol. The first-order chi connectivity index (χ1) is 16.4. The average Bonchev–Trinajstić information content (AvgIpc) is 3.34. The van der Waals surface area contributed by atoms with Gasteiger partial charge in [0, 0.05) is 35.6 Å². The number of nitrogens with one attached hydrogen (secondary N) is 4. The van der Waals surface area contributed by atoms with Crippen LogP contribution < -0.4 is 21.5 Å². The maximum absolute atomic E-state index is 12.6. The van der Waals surface area contributed by atoms with Gasteiger partial charge in [-0.3, -0.25) is 10.7 Å². The Morgan fingerprint density at radius 1 is 1.15 bits per heavy atom. The molecule has 12 heteroatoms. The van der Waals surface area contributed by atoms with E-state index in [4.69, 9.17) is 10.2 Å². The maximum atomic E-state index is 12.6. The molecule has 2 aromatic rings. The first-order valence-electron chi connectivity index (χ1n) is 12.0. The van der Waals surface area contributed by atoms with Crippen molar-refractivity contribution in [2.75, 3.05) is 16.4 Å². The van der Waals surface area contributed by atoms with Crippen LogP contribution in [0.15, 0.2) is 18.2 Å². The number of hydrogen-bond acceptors (Lipinski definition) is 10. The highest BCUT2D eigenvalue weighted by Gasteiger charge is 2.46. The van der Waals surface area contributed by atoms with Crippen molar-refractivity contribution in [3.8, 4) is 0 Å². The van der Waals surface area contributed by atoms with Crippen molar-refractivity contribution in [2.24, 2.45) is 0 Å². The van der Waals surface area contributed by atoms with Crippen LogP contribution in [0.4, 0.5) is 11.6 Å². The number of rotatable bonds is 8. The zero-order valence-electron chi connectivity index (χ0n) is 19.5. The standard InChI is InChI=1S/C22H33N7O4S/c1-3-34(31,32)29-16-5-6-17(29)10-15(9-16)24-22-18-7-4-14(12-33-30)23-19(18)11-20(26-22)25-21-8-13(2)27-28-21/h4,7,11,13,15-17,21,27-28,30H,3,5-6,8-10,12H2,1-2H3,(H2,24,25,26)/t13?,15?,16-,17+,21?. The fourth-order valence-electron chi connectivity index (χ4n) is 5.54. The van der Waals surface area contributed by atoms with Crippen molar-refractivity contribution in [1.29, 1.82) is 0 Å². The third-order valence-electron chi connectivity index (χ3n) is 7.06. The van der Waals surface area contributed by atoms with Crippen LogP contribution >= 0.6 is 0 Å². The van der Waals surface area contributed by atoms with Gasteiger partial charge in [-0.15, -0.1) is 0 Å². The molecule has 5 N–H and O–H groups in total. The highest BCUT2D eigenvalue weighted by Crippen LogP contribution is 2.39. The number of aromatic nitrogens is 2. The lowest BCUT2D eigenvalue weighted by molar-refractivity contribution is -0.253. The van der Waals surface area contributed by atoms with Crippen LogP contribution in [-0.2, 0) is 21.5 Å². The van der Waals surface area contributed by atoms with Crippen LogP contribution in [-0.4, -0.2) is 64.0 Å². The van der Waals surface area contributed by atoms with Crippen LogP contribution in [0.3, 0.4) is 0 Å². The molecule has 0 amide bonds. The summed E-state index contributed by atoms with van der Waals surface area (Å²) in [6.07, 6.45) is 4.26. The number of hydrogen-bond donors (Lipinski definition) is 5. The molecule has 5 heterocycles. The second-order valence-electron chi connectivity index (χ2n) is 9.55. The quantitative estimate of drug-likeness (QED) is 0.275. The van der Waals surface area contributed by atoms with Crippen LogP contribution in [0, 0.1) is 0 Å². The van der Waals surface area contributed by atoms with Crippen molar-refractivity contribution in [3.63, 3.8) is 0 Å². The minimum absolute atomic E-state index is 0.00310. The zero-order chi connectivity index (χ0) is 23.9. The number of nitrogens with zero attached hydrogens (tertiary/aromatic N) is 3. The molecule has 3 saturated heterocycles. The van der Waals surface area contributed by atoms with Gasteiger partial charge < -0.3 is 10.6 Å². The molecule has 186 valence electrons. The molecule has 0 saturated carbocycles. The summed E-state index contributed by atoms with van der Waals surface area (Å²) in [6, 6.07) is 6.18. The summed E-state index contributed by atoms with van der Waals surface area (Å²) in [7, 11) is -3.20. The van der Waals surface area contributed by atoms with Crippen LogP contribution in [0.25, 0.3) is 10.9 Å². The van der Waals surface area contributed by atoms with Crippen LogP contribution in [0.5, 0.6) is 0 Å². The number of fused-ring (bicyclic) bond motifs is 3. The number of sulfonamides is 1. The summed E-state index contributed by atoms with van der Waals surface area (Å²) in [4.78, 5) is 13.8. The summed E-state index contributed by atoms with van der Waals surface area (Å²) in [5, 5.41) is 16.7. The second kappa shape index (κ2) is 9.51. The minimum Gasteiger partial charge on any atom is -0.367 e. The fourth-order valence-corrected chi connectivity index (χ4v) is 7.13. The Morgan fingerprint density at radius 3 is 2.56 bits per heavy atom. The molecule has 5 atom stereocenters. The van der Waals surface area contributed by atoms with Gasteiger partial charge in [-0.1, -0.05) is 0 Å². The molecule has 0 radical (unpaired) electrons. The van der Waals surface area contributed by atoms with Gasteiger partial charge in [0.2, 0.25) is 10.0 Å². The van der Waals surface area contributed by atoms with Crippen molar-refractivity contribution < 1.29 is 18.6 Å². The van der Waals surface area contributed by atoms with Crippen LogP contribution in [0.1, 0.15) is 51.6 Å². The molecule has 0 aliphatic carbocycles. The van der Waals surface area contributed by atoms with E-state index in [1.165, 1.54) is 0 Å². The Hall–Kier alpha value is -2.09. The first-order valence-corrected chi connectivity index (χ1v) is 13.6. The van der Waals surface area contributed by atoms with E-state index >= 15 is 0 Å². The maximum Gasteiger partial charge on any atom is 0.214 e. The normalized spacial score (nSPS) is 29.6. The average molecular weight is 492 g/mol. The van der Waals surface area contributed by atoms with E-state index in [2.05, 4.69) is 38.3 Å². The molecule has 0 spiro atoms. The highest BCUT2D eigenvalue weighted by molar-refractivity contribution is 7.89. The van der Waals surface area contributed by atoms with Gasteiger partial charge in [0.05, 0.1) is 23.1 Å². The number of piperidine rings is 1. The lowest BCUT2D eigenvalue weighted by Crippen LogP contribution is -2.50. The van der Waals surface area contributed by atoms with E-state index < -0.39 is 10.0 Å². The molecule has 3 unspecified atom stereocenters. The van der Waals surface area contributed by atoms with Gasteiger partial charge in [0.25, 0.3) is 0 Å². The van der Waals surface area contributed by atoms with Gasteiger partial charge in [-0.2, -0.15) is 4.31 Å². The third-order valence-corrected chi connectivity index (χ3v) is 9.03. The van der Waals surface area contributed by atoms with E-state index in [0.717, 1.165) is 48.8 Å². The van der Waals surface area contributed by atoms with Crippen LogP contribution in [0.2, 0.25) is 0 Å². The van der Waals surface area contributed by atoms with Gasteiger partial charge in [0.15, 0.2) is 0 Å². The summed E-state index contributed by atoms with van der Waals surface area (Å²) < 4.78 is 27.0. The molecule has 3 aliphatic rings. The van der Waals surface area contributed by atoms with E-state index in [1.807, 2.05) is 18.2 Å². The Morgan fingerprint density at radius 2 is 1.91 bits per heavy atom. The van der Waals surface area contributed by atoms with E-state index in [9.17, 15) is 8.42 Å². The van der Waals surface area contributed by atoms with Gasteiger partial charge in [0.1, 0.15) is 18.2 Å². The molecular formula is C22H33N7O4S. The van der Waals surface area contributed by atoms with Crippen molar-refractivity contribution in [3.05, 3.63) is 23.9 Å². The summed E-state index contributed by atoms with van der Waals surface area (Å²) in [5.74, 6) is 1.55. The predicted octanol–water partition coefficient (Wildman–Crippen LogP) is 2.00. The van der Waals surface area contributed by atoms with Gasteiger partial charge in [-0.05, 0) is 58.1 Å². The first kappa shape index (κ1) is 23.6. The fraction of sp³-hybridized carbons (Fsp3) is 0.636. The number of hydrazine groups is 1. The smallest absolute Gasteiger partial charge is 0.214 e. The molecule has 34 heavy (non-hydrogen) atoms. The topological polar surface area (TPSA) is 141 Å². The van der Waals surface area contributed by atoms with Crippen molar-refractivity contribution >= 4 is 32.6 Å². The SMILES string of the molecule is CCS(=O)(=O)N1[C@@H]2CC[C@H]1CC(Nc1nc(NC3CC(C)NN3)cc3nc(COO)ccc13)C2. The van der Waals surface area contributed by atoms with E-state index in [0.29, 0.717) is 17.6 Å². The third kappa shape index (κ3) is 4.70.